The largest absolute Gasteiger partial charge is 0.573 e. The molecule has 3 aromatic carbocycles. The van der Waals surface area contributed by atoms with Crippen LogP contribution in [0.25, 0.3) is 17.1 Å². The Morgan fingerprint density at radius 1 is 0.971 bits per heavy atom. The lowest BCUT2D eigenvalue weighted by Gasteiger charge is -2.09. The molecular formula is C23H16F4N6OS. The predicted octanol–water partition coefficient (Wildman–Crippen LogP) is 5.29. The molecule has 0 atom stereocenters. The fourth-order valence-electron chi connectivity index (χ4n) is 2.90. The lowest BCUT2D eigenvalue weighted by molar-refractivity contribution is -0.274. The first-order chi connectivity index (χ1) is 16.7. The van der Waals surface area contributed by atoms with Crippen LogP contribution in [0.1, 0.15) is 5.56 Å². The molecule has 0 aliphatic rings. The topological polar surface area (TPSA) is 76.4 Å². The van der Waals surface area contributed by atoms with E-state index in [1.54, 1.807) is 42.6 Å². The fourth-order valence-corrected chi connectivity index (χ4v) is 3.07. The molecule has 0 amide bonds. The minimum absolute atomic E-state index is 0.247. The minimum atomic E-state index is -4.75. The first-order valence-electron chi connectivity index (χ1n) is 9.99. The first kappa shape index (κ1) is 23.8. The lowest BCUT2D eigenvalue weighted by Crippen LogP contribution is -2.23. The zero-order chi connectivity index (χ0) is 24.8. The van der Waals surface area contributed by atoms with E-state index in [2.05, 4.69) is 30.7 Å². The highest BCUT2D eigenvalue weighted by Crippen LogP contribution is 2.24. The van der Waals surface area contributed by atoms with Gasteiger partial charge in [-0.25, -0.2) is 14.1 Å². The molecule has 0 radical (unpaired) electrons. The summed E-state index contributed by atoms with van der Waals surface area (Å²) in [4.78, 5) is 4.25. The van der Waals surface area contributed by atoms with Crippen molar-refractivity contribution in [3.63, 3.8) is 0 Å². The van der Waals surface area contributed by atoms with E-state index in [1.165, 1.54) is 47.4 Å². The third-order valence-corrected chi connectivity index (χ3v) is 4.67. The van der Waals surface area contributed by atoms with Crippen LogP contribution in [0.15, 0.2) is 84.2 Å². The molecular weight excluding hydrogens is 484 g/mol. The highest BCUT2D eigenvalue weighted by molar-refractivity contribution is 7.80. The molecule has 4 rings (SSSR count). The van der Waals surface area contributed by atoms with E-state index >= 15 is 0 Å². The van der Waals surface area contributed by atoms with Gasteiger partial charge in [0.2, 0.25) is 0 Å². The zero-order valence-corrected chi connectivity index (χ0v) is 18.5. The Kier molecular flexibility index (Phi) is 7.01. The number of aromatic nitrogens is 3. The van der Waals surface area contributed by atoms with Crippen LogP contribution in [-0.4, -0.2) is 32.5 Å². The first-order valence-corrected chi connectivity index (χ1v) is 10.4. The number of hydrazone groups is 1. The summed E-state index contributed by atoms with van der Waals surface area (Å²) < 4.78 is 55.2. The Morgan fingerprint density at radius 2 is 1.66 bits per heavy atom. The highest BCUT2D eigenvalue weighted by atomic mass is 32.1. The SMILES string of the molecule is Fc1ccc(NC(=S)N/N=C/c2ccc(-c3ncn(-c4ccc(OC(F)(F)F)cc4)n3)cc2)cc1. The van der Waals surface area contributed by atoms with Gasteiger partial charge in [-0.1, -0.05) is 24.3 Å². The van der Waals surface area contributed by atoms with E-state index in [4.69, 9.17) is 12.2 Å². The van der Waals surface area contributed by atoms with Crippen LogP contribution in [0.4, 0.5) is 23.2 Å². The van der Waals surface area contributed by atoms with E-state index in [1.807, 2.05) is 0 Å². The Hall–Kier alpha value is -4.32. The maximum Gasteiger partial charge on any atom is 0.573 e. The summed E-state index contributed by atoms with van der Waals surface area (Å²) in [5.74, 6) is -0.223. The minimum Gasteiger partial charge on any atom is -0.406 e. The van der Waals surface area contributed by atoms with Gasteiger partial charge in [0.05, 0.1) is 11.9 Å². The average molecular weight is 500 g/mol. The van der Waals surface area contributed by atoms with Crippen LogP contribution < -0.4 is 15.5 Å². The third-order valence-electron chi connectivity index (χ3n) is 4.48. The summed E-state index contributed by atoms with van der Waals surface area (Å²) in [6.07, 6.45) is -1.72. The molecule has 0 unspecified atom stereocenters. The standard InChI is InChI=1S/C23H16F4N6OS/c24-17-5-7-18(8-6-17)30-22(35)31-29-13-15-1-3-16(4-2-15)21-28-14-33(32-21)19-9-11-20(12-10-19)34-23(25,26)27/h1-14H,(H2,30,31,35)/b29-13+. The highest BCUT2D eigenvalue weighted by Gasteiger charge is 2.31. The Morgan fingerprint density at radius 3 is 2.31 bits per heavy atom. The van der Waals surface area contributed by atoms with E-state index < -0.39 is 6.36 Å². The van der Waals surface area contributed by atoms with Crippen LogP contribution in [0.3, 0.4) is 0 Å². The van der Waals surface area contributed by atoms with Gasteiger partial charge in [0.1, 0.15) is 17.9 Å². The van der Waals surface area contributed by atoms with Crippen molar-refractivity contribution in [1.82, 2.24) is 20.2 Å². The summed E-state index contributed by atoms with van der Waals surface area (Å²) in [6, 6.07) is 18.3. The van der Waals surface area contributed by atoms with Crippen molar-refractivity contribution in [3.05, 3.63) is 90.5 Å². The van der Waals surface area contributed by atoms with Crippen molar-refractivity contribution in [2.75, 3.05) is 5.32 Å². The summed E-state index contributed by atoms with van der Waals surface area (Å²) >= 11 is 5.14. The quantitative estimate of drug-likeness (QED) is 0.162. The normalized spacial score (nSPS) is 11.4. The maximum absolute atomic E-state index is 12.9. The van der Waals surface area contributed by atoms with Crippen LogP contribution >= 0.6 is 12.2 Å². The van der Waals surface area contributed by atoms with Gasteiger partial charge in [-0.3, -0.25) is 5.43 Å². The molecule has 0 bridgehead atoms. The van der Waals surface area contributed by atoms with Crippen LogP contribution in [0.2, 0.25) is 0 Å². The molecule has 1 heterocycles. The van der Waals surface area contributed by atoms with Crippen molar-refractivity contribution >= 4 is 29.2 Å². The van der Waals surface area contributed by atoms with Crippen LogP contribution in [0, 0.1) is 5.82 Å². The molecule has 35 heavy (non-hydrogen) atoms. The van der Waals surface area contributed by atoms with Gasteiger partial charge in [0.25, 0.3) is 0 Å². The second-order valence-corrected chi connectivity index (χ2v) is 7.42. The molecule has 0 aliphatic carbocycles. The monoisotopic (exact) mass is 500 g/mol. The van der Waals surface area contributed by atoms with Gasteiger partial charge in [-0.15, -0.1) is 18.3 Å². The number of rotatable bonds is 6. The van der Waals surface area contributed by atoms with Gasteiger partial charge in [-0.05, 0) is 66.3 Å². The number of nitrogens with one attached hydrogen (secondary N) is 2. The molecule has 1 aromatic heterocycles. The molecule has 178 valence electrons. The van der Waals surface area contributed by atoms with E-state index in [9.17, 15) is 17.6 Å². The summed E-state index contributed by atoms with van der Waals surface area (Å²) in [6.45, 7) is 0. The van der Waals surface area contributed by atoms with Crippen LogP contribution in [0.5, 0.6) is 5.75 Å². The molecule has 4 aromatic rings. The number of ether oxygens (including phenoxy) is 1. The van der Waals surface area contributed by atoms with Crippen LogP contribution in [-0.2, 0) is 0 Å². The number of halogens is 4. The molecule has 2 N–H and O–H groups in total. The Balaban J connectivity index is 1.34. The summed E-state index contributed by atoms with van der Waals surface area (Å²) in [5.41, 5.74) is 5.35. The number of nitrogens with zero attached hydrogens (tertiary/aromatic N) is 4. The van der Waals surface area contributed by atoms with Crippen molar-refractivity contribution < 1.29 is 22.3 Å². The number of benzene rings is 3. The zero-order valence-electron chi connectivity index (χ0n) is 17.7. The summed E-state index contributed by atoms with van der Waals surface area (Å²) in [5, 5.41) is 11.6. The predicted molar refractivity (Wildman–Crippen MR) is 127 cm³/mol. The average Bonchev–Trinajstić information content (AvgIpc) is 3.31. The molecule has 0 saturated heterocycles. The molecule has 0 saturated carbocycles. The van der Waals surface area contributed by atoms with Gasteiger partial charge < -0.3 is 10.1 Å². The van der Waals surface area contributed by atoms with E-state index in [-0.39, 0.29) is 16.7 Å². The smallest absolute Gasteiger partial charge is 0.406 e. The molecule has 12 heteroatoms. The van der Waals surface area contributed by atoms with Gasteiger partial charge in [0, 0.05) is 11.3 Å². The molecule has 7 nitrogen and oxygen atoms in total. The lowest BCUT2D eigenvalue weighted by atomic mass is 10.1. The molecule has 0 spiro atoms. The van der Waals surface area contributed by atoms with Crippen molar-refractivity contribution in [3.8, 4) is 22.8 Å². The number of anilines is 1. The second-order valence-electron chi connectivity index (χ2n) is 7.01. The van der Waals surface area contributed by atoms with Gasteiger partial charge >= 0.3 is 6.36 Å². The van der Waals surface area contributed by atoms with Crippen molar-refractivity contribution in [1.29, 1.82) is 0 Å². The summed E-state index contributed by atoms with van der Waals surface area (Å²) in [7, 11) is 0. The number of thiocarbonyl (C=S) groups is 1. The number of hydrogen-bond donors (Lipinski definition) is 2. The Bertz CT molecular complexity index is 1320. The van der Waals surface area contributed by atoms with Gasteiger partial charge in [-0.2, -0.15) is 5.10 Å². The van der Waals surface area contributed by atoms with Crippen molar-refractivity contribution in [2.45, 2.75) is 6.36 Å². The maximum atomic E-state index is 12.9. The number of alkyl halides is 3. The molecule has 0 fully saturated rings. The van der Waals surface area contributed by atoms with E-state index in [0.29, 0.717) is 17.2 Å². The second kappa shape index (κ2) is 10.3. The molecule has 0 aliphatic heterocycles. The Labute approximate surface area is 202 Å². The number of hydrogen-bond acceptors (Lipinski definition) is 5. The van der Waals surface area contributed by atoms with E-state index in [0.717, 1.165) is 11.1 Å². The fraction of sp³-hybridized carbons (Fsp3) is 0.0435. The van der Waals surface area contributed by atoms with Crippen molar-refractivity contribution in [2.24, 2.45) is 5.10 Å². The third kappa shape index (κ3) is 6.84. The van der Waals surface area contributed by atoms with Gasteiger partial charge in [0.15, 0.2) is 10.9 Å².